The molecule has 2 aromatic carbocycles. The van der Waals surface area contributed by atoms with Crippen molar-refractivity contribution in [3.8, 4) is 0 Å². The number of nitrogen functional groups attached to an aromatic ring is 1. The zero-order valence-electron chi connectivity index (χ0n) is 19.5. The summed E-state index contributed by atoms with van der Waals surface area (Å²) in [7, 11) is 0. The fourth-order valence-electron chi connectivity index (χ4n) is 3.80. The zero-order valence-corrected chi connectivity index (χ0v) is 20.3. The quantitative estimate of drug-likeness (QED) is 0.312. The molecular weight excluding hydrogens is 462 g/mol. The maximum Gasteiger partial charge on any atom is 0.262 e. The minimum Gasteiger partial charge on any atom is -0.368 e. The Morgan fingerprint density at radius 3 is 2.63 bits per heavy atom. The standard InChI is InChI=1S/C24H25N9OS/c1-3-4-13-32-20(34)17-7-5-6-8-18(17)33-23(32)30-31-24(33)35-14-19-27-21(25)29-22(28-19)26-16-11-9-15(2)10-12-16/h5-12H,3-4,13-14H2,1-2H3,(H3,25,26,27,28,29). The number of aryl methyl sites for hydroxylation is 2. The van der Waals surface area contributed by atoms with Crippen LogP contribution in [0.2, 0.25) is 0 Å². The van der Waals surface area contributed by atoms with E-state index in [1.165, 1.54) is 11.8 Å². The average Bonchev–Trinajstić information content (AvgIpc) is 3.28. The number of aromatic nitrogens is 7. The van der Waals surface area contributed by atoms with Crippen molar-refractivity contribution in [1.29, 1.82) is 0 Å². The van der Waals surface area contributed by atoms with Crippen LogP contribution in [0.1, 0.15) is 31.2 Å². The number of fused-ring (bicyclic) bond motifs is 3. The van der Waals surface area contributed by atoms with Crippen LogP contribution in [-0.2, 0) is 12.3 Å². The Kier molecular flexibility index (Phi) is 6.32. The van der Waals surface area contributed by atoms with E-state index in [0.29, 0.717) is 40.4 Å². The third-order valence-electron chi connectivity index (χ3n) is 5.55. The molecule has 0 aliphatic carbocycles. The van der Waals surface area contributed by atoms with Crippen LogP contribution in [0.15, 0.2) is 58.5 Å². The molecule has 0 aliphatic rings. The fraction of sp³-hybridized carbons (Fsp3) is 0.250. The van der Waals surface area contributed by atoms with Crippen LogP contribution in [0.4, 0.5) is 17.6 Å². The van der Waals surface area contributed by atoms with E-state index < -0.39 is 0 Å². The lowest BCUT2D eigenvalue weighted by Crippen LogP contribution is -2.23. The molecule has 0 saturated heterocycles. The number of thioether (sulfide) groups is 1. The molecule has 3 N–H and O–H groups in total. The summed E-state index contributed by atoms with van der Waals surface area (Å²) >= 11 is 1.43. The number of nitrogens with two attached hydrogens (primary N) is 1. The number of rotatable bonds is 8. The Balaban J connectivity index is 1.47. The average molecular weight is 488 g/mol. The number of hydrogen-bond acceptors (Lipinski definition) is 9. The number of hydrogen-bond donors (Lipinski definition) is 2. The van der Waals surface area contributed by atoms with Crippen LogP contribution >= 0.6 is 11.8 Å². The van der Waals surface area contributed by atoms with Gasteiger partial charge in [0.25, 0.3) is 5.56 Å². The van der Waals surface area contributed by atoms with Crippen LogP contribution in [0, 0.1) is 6.92 Å². The van der Waals surface area contributed by atoms with Crippen molar-refractivity contribution in [3.05, 3.63) is 70.3 Å². The molecule has 0 unspecified atom stereocenters. The Morgan fingerprint density at radius 2 is 1.83 bits per heavy atom. The van der Waals surface area contributed by atoms with Crippen molar-refractivity contribution in [1.82, 2.24) is 34.1 Å². The van der Waals surface area contributed by atoms with Gasteiger partial charge >= 0.3 is 0 Å². The first kappa shape index (κ1) is 22.8. The van der Waals surface area contributed by atoms with Crippen LogP contribution in [0.3, 0.4) is 0 Å². The zero-order chi connectivity index (χ0) is 24.4. The summed E-state index contributed by atoms with van der Waals surface area (Å²) in [6.45, 7) is 4.71. The van der Waals surface area contributed by atoms with Crippen molar-refractivity contribution >= 4 is 46.0 Å². The number of unbranched alkanes of at least 4 members (excludes halogenated alkanes) is 1. The molecule has 11 heteroatoms. The summed E-state index contributed by atoms with van der Waals surface area (Å²) in [6, 6.07) is 15.4. The van der Waals surface area contributed by atoms with Gasteiger partial charge in [-0.2, -0.15) is 15.0 Å². The highest BCUT2D eigenvalue weighted by Crippen LogP contribution is 2.24. The van der Waals surface area contributed by atoms with Crippen LogP contribution < -0.4 is 16.6 Å². The lowest BCUT2D eigenvalue weighted by molar-refractivity contribution is 0.620. The summed E-state index contributed by atoms with van der Waals surface area (Å²) in [6.07, 6.45) is 1.85. The molecule has 0 aliphatic heterocycles. The second kappa shape index (κ2) is 9.71. The maximum atomic E-state index is 13.1. The van der Waals surface area contributed by atoms with Crippen molar-refractivity contribution in [3.63, 3.8) is 0 Å². The minimum atomic E-state index is -0.0532. The number of benzene rings is 2. The van der Waals surface area contributed by atoms with E-state index in [2.05, 4.69) is 37.4 Å². The van der Waals surface area contributed by atoms with E-state index >= 15 is 0 Å². The maximum absolute atomic E-state index is 13.1. The summed E-state index contributed by atoms with van der Waals surface area (Å²) < 4.78 is 3.63. The molecule has 35 heavy (non-hydrogen) atoms. The molecule has 0 spiro atoms. The summed E-state index contributed by atoms with van der Waals surface area (Å²) in [5, 5.41) is 13.2. The predicted molar refractivity (Wildman–Crippen MR) is 138 cm³/mol. The van der Waals surface area contributed by atoms with Crippen LogP contribution in [0.5, 0.6) is 0 Å². The Labute approximate surface area is 205 Å². The Hall–Kier alpha value is -3.99. The van der Waals surface area contributed by atoms with Crippen molar-refractivity contribution in [2.75, 3.05) is 11.1 Å². The first-order valence-corrected chi connectivity index (χ1v) is 12.4. The molecular formula is C24H25N9OS. The second-order valence-corrected chi connectivity index (χ2v) is 9.10. The molecule has 178 valence electrons. The molecule has 0 fully saturated rings. The molecule has 0 saturated carbocycles. The molecule has 10 nitrogen and oxygen atoms in total. The second-order valence-electron chi connectivity index (χ2n) is 8.16. The lowest BCUT2D eigenvalue weighted by atomic mass is 10.2. The number of para-hydroxylation sites is 1. The molecule has 5 rings (SSSR count). The van der Waals surface area contributed by atoms with Gasteiger partial charge in [0.15, 0.2) is 5.16 Å². The predicted octanol–water partition coefficient (Wildman–Crippen LogP) is 3.96. The van der Waals surface area contributed by atoms with Gasteiger partial charge in [0.2, 0.25) is 17.7 Å². The van der Waals surface area contributed by atoms with Gasteiger partial charge in [-0.1, -0.05) is 54.9 Å². The third kappa shape index (κ3) is 4.67. The molecule has 0 radical (unpaired) electrons. The van der Waals surface area contributed by atoms with E-state index in [4.69, 9.17) is 5.73 Å². The van der Waals surface area contributed by atoms with E-state index in [9.17, 15) is 4.79 Å². The topological polar surface area (TPSA) is 129 Å². The highest BCUT2D eigenvalue weighted by molar-refractivity contribution is 7.98. The van der Waals surface area contributed by atoms with Crippen LogP contribution in [0.25, 0.3) is 16.7 Å². The van der Waals surface area contributed by atoms with Crippen molar-refractivity contribution < 1.29 is 0 Å². The summed E-state index contributed by atoms with van der Waals surface area (Å²) in [5.74, 6) is 1.95. The van der Waals surface area contributed by atoms with Gasteiger partial charge in [-0.15, -0.1) is 10.2 Å². The van der Waals surface area contributed by atoms with Gasteiger partial charge < -0.3 is 11.1 Å². The van der Waals surface area contributed by atoms with E-state index in [1.54, 1.807) is 4.57 Å². The van der Waals surface area contributed by atoms with Crippen LogP contribution in [-0.4, -0.2) is 34.1 Å². The Morgan fingerprint density at radius 1 is 1.03 bits per heavy atom. The van der Waals surface area contributed by atoms with Gasteiger partial charge in [-0.05, 0) is 37.6 Å². The van der Waals surface area contributed by atoms with Gasteiger partial charge in [0.1, 0.15) is 5.82 Å². The normalized spacial score (nSPS) is 11.4. The largest absolute Gasteiger partial charge is 0.368 e. The van der Waals surface area contributed by atoms with Gasteiger partial charge in [0, 0.05) is 12.2 Å². The number of anilines is 3. The number of nitrogens with one attached hydrogen (secondary N) is 1. The summed E-state index contributed by atoms with van der Waals surface area (Å²) in [5.41, 5.74) is 8.69. The smallest absolute Gasteiger partial charge is 0.262 e. The first-order chi connectivity index (χ1) is 17.0. The van der Waals surface area contributed by atoms with Gasteiger partial charge in [-0.3, -0.25) is 13.8 Å². The van der Waals surface area contributed by atoms with Crippen molar-refractivity contribution in [2.24, 2.45) is 0 Å². The monoisotopic (exact) mass is 487 g/mol. The van der Waals surface area contributed by atoms with Crippen molar-refractivity contribution in [2.45, 2.75) is 44.1 Å². The van der Waals surface area contributed by atoms with E-state index in [0.717, 1.165) is 29.6 Å². The van der Waals surface area contributed by atoms with E-state index in [-0.39, 0.29) is 11.5 Å². The lowest BCUT2D eigenvalue weighted by Gasteiger charge is -2.11. The molecule has 5 aromatic rings. The van der Waals surface area contributed by atoms with Gasteiger partial charge in [-0.25, -0.2) is 0 Å². The SMILES string of the molecule is CCCCn1c(=O)c2ccccc2n2c(SCc3nc(N)nc(Nc4ccc(C)cc4)n3)nnc12. The van der Waals surface area contributed by atoms with Gasteiger partial charge in [0.05, 0.1) is 16.7 Å². The third-order valence-corrected chi connectivity index (χ3v) is 6.48. The molecule has 3 heterocycles. The molecule has 0 atom stereocenters. The van der Waals surface area contributed by atoms with E-state index in [1.807, 2.05) is 59.9 Å². The highest BCUT2D eigenvalue weighted by Gasteiger charge is 2.17. The number of nitrogens with zero attached hydrogens (tertiary/aromatic N) is 7. The fourth-order valence-corrected chi connectivity index (χ4v) is 4.59. The first-order valence-electron chi connectivity index (χ1n) is 11.4. The minimum absolute atomic E-state index is 0.0532. The summed E-state index contributed by atoms with van der Waals surface area (Å²) in [4.78, 5) is 26.1. The molecule has 0 bridgehead atoms. The molecule has 0 amide bonds. The Bertz CT molecular complexity index is 1560. The highest BCUT2D eigenvalue weighted by atomic mass is 32.2. The molecule has 3 aromatic heterocycles.